The molecule has 0 amide bonds. The Balaban J connectivity index is 1.68. The van der Waals surface area contributed by atoms with E-state index in [1.165, 1.54) is 7.05 Å². The van der Waals surface area contributed by atoms with Crippen LogP contribution in [0.5, 0.6) is 5.75 Å². The van der Waals surface area contributed by atoms with Gasteiger partial charge >= 0.3 is 18.1 Å². The average Bonchev–Trinajstić information content (AvgIpc) is 3.48. The van der Waals surface area contributed by atoms with Gasteiger partial charge in [0.1, 0.15) is 16.9 Å². The van der Waals surface area contributed by atoms with E-state index >= 15 is 0 Å². The van der Waals surface area contributed by atoms with E-state index in [2.05, 4.69) is 9.67 Å². The first kappa shape index (κ1) is 32.4. The van der Waals surface area contributed by atoms with Crippen LogP contribution in [0, 0.1) is 0 Å². The predicted octanol–water partition coefficient (Wildman–Crippen LogP) is 8.41. The van der Waals surface area contributed by atoms with Crippen LogP contribution in [0.1, 0.15) is 102 Å². The van der Waals surface area contributed by atoms with Gasteiger partial charge in [-0.1, -0.05) is 25.3 Å². The largest absolute Gasteiger partial charge is 0.497 e. The molecule has 8 nitrogen and oxygen atoms in total. The minimum Gasteiger partial charge on any atom is -0.497 e. The van der Waals surface area contributed by atoms with Gasteiger partial charge in [-0.25, -0.2) is 9.59 Å². The van der Waals surface area contributed by atoms with Crippen molar-refractivity contribution in [1.82, 2.24) is 14.3 Å². The summed E-state index contributed by atoms with van der Waals surface area (Å²) in [4.78, 5) is 26.3. The van der Waals surface area contributed by atoms with E-state index in [1.54, 1.807) is 46.1 Å². The number of hydrogen-bond donors (Lipinski definition) is 0. The van der Waals surface area contributed by atoms with Crippen LogP contribution in [0.2, 0.25) is 0 Å². The molecule has 47 heavy (non-hydrogen) atoms. The Morgan fingerprint density at radius 1 is 0.936 bits per heavy atom. The first-order valence-electron chi connectivity index (χ1n) is 15.7. The molecule has 0 unspecified atom stereocenters. The molecule has 2 aromatic heterocycles. The number of methoxy groups -OCH3 is 2. The Morgan fingerprint density at radius 3 is 2.30 bits per heavy atom. The number of fused-ring (bicyclic) bond motifs is 5. The molecule has 248 valence electrons. The fourth-order valence-corrected chi connectivity index (χ4v) is 7.04. The van der Waals surface area contributed by atoms with Gasteiger partial charge in [-0.15, -0.1) is 0 Å². The van der Waals surface area contributed by atoms with Gasteiger partial charge in [-0.05, 0) is 92.6 Å². The van der Waals surface area contributed by atoms with Crippen LogP contribution in [0.3, 0.4) is 0 Å². The van der Waals surface area contributed by atoms with Crippen LogP contribution in [-0.2, 0) is 29.2 Å². The van der Waals surface area contributed by atoms with Crippen molar-refractivity contribution in [2.75, 3.05) is 14.2 Å². The topological polar surface area (TPSA) is 84.6 Å². The van der Waals surface area contributed by atoms with Crippen molar-refractivity contribution in [3.05, 3.63) is 70.0 Å². The SMILES string of the molecule is COC(=O)c1c(C(F)(F)F)nn(C)c1C1=Cc2cc(OC)ccc2-c2c(C3CCCCC3)c3ccc(C(=O)OC(C)(C)C)cc3n2C1. The van der Waals surface area contributed by atoms with Gasteiger partial charge in [-0.3, -0.25) is 4.68 Å². The van der Waals surface area contributed by atoms with Gasteiger partial charge in [0.2, 0.25) is 0 Å². The van der Waals surface area contributed by atoms with Gasteiger partial charge in [0.15, 0.2) is 5.69 Å². The number of nitrogens with zero attached hydrogens (tertiary/aromatic N) is 3. The minimum atomic E-state index is -4.90. The van der Waals surface area contributed by atoms with Crippen molar-refractivity contribution < 1.29 is 37.0 Å². The fourth-order valence-electron chi connectivity index (χ4n) is 7.04. The molecule has 3 heterocycles. The summed E-state index contributed by atoms with van der Waals surface area (Å²) < 4.78 is 62.0. The zero-order valence-corrected chi connectivity index (χ0v) is 27.4. The van der Waals surface area contributed by atoms with Gasteiger partial charge in [0.05, 0.1) is 37.7 Å². The van der Waals surface area contributed by atoms with Gasteiger partial charge in [0, 0.05) is 23.5 Å². The normalized spacial score (nSPS) is 15.5. The summed E-state index contributed by atoms with van der Waals surface area (Å²) in [6, 6.07) is 11.2. The molecule has 0 N–H and O–H groups in total. The number of aryl methyl sites for hydroxylation is 1. The van der Waals surface area contributed by atoms with Crippen molar-refractivity contribution in [3.63, 3.8) is 0 Å². The number of carbonyl (C=O) groups excluding carboxylic acids is 2. The monoisotopic (exact) mass is 649 g/mol. The molecule has 1 aliphatic heterocycles. The first-order valence-corrected chi connectivity index (χ1v) is 15.7. The molecule has 0 spiro atoms. The lowest BCUT2D eigenvalue weighted by Gasteiger charge is -2.24. The molecular weight excluding hydrogens is 611 g/mol. The second kappa shape index (κ2) is 11.9. The summed E-state index contributed by atoms with van der Waals surface area (Å²) in [7, 11) is 3.99. The molecule has 2 aliphatic rings. The number of benzene rings is 2. The number of aromatic nitrogens is 3. The third-order valence-electron chi connectivity index (χ3n) is 8.93. The molecule has 0 saturated heterocycles. The number of carbonyl (C=O) groups is 2. The zero-order valence-electron chi connectivity index (χ0n) is 27.4. The van der Waals surface area contributed by atoms with Gasteiger partial charge < -0.3 is 18.8 Å². The quantitative estimate of drug-likeness (QED) is 0.202. The molecule has 1 saturated carbocycles. The maximum Gasteiger partial charge on any atom is 0.436 e. The lowest BCUT2D eigenvalue weighted by atomic mass is 9.81. The summed E-state index contributed by atoms with van der Waals surface area (Å²) in [5.74, 6) is -0.794. The second-order valence-electron chi connectivity index (χ2n) is 13.2. The van der Waals surface area contributed by atoms with Crippen LogP contribution in [0.4, 0.5) is 13.2 Å². The van der Waals surface area contributed by atoms with Crippen molar-refractivity contribution in [2.24, 2.45) is 7.05 Å². The van der Waals surface area contributed by atoms with Crippen LogP contribution >= 0.6 is 0 Å². The van der Waals surface area contributed by atoms with Crippen molar-refractivity contribution in [1.29, 1.82) is 0 Å². The van der Waals surface area contributed by atoms with E-state index in [0.717, 1.165) is 77.2 Å². The third kappa shape index (κ3) is 5.92. The molecule has 4 aromatic rings. The summed E-state index contributed by atoms with van der Waals surface area (Å²) >= 11 is 0. The van der Waals surface area contributed by atoms with E-state index < -0.39 is 35.0 Å². The first-order chi connectivity index (χ1) is 22.2. The zero-order chi connectivity index (χ0) is 33.8. The summed E-state index contributed by atoms with van der Waals surface area (Å²) in [6.45, 7) is 5.50. The third-order valence-corrected chi connectivity index (χ3v) is 8.93. The molecule has 11 heteroatoms. The lowest BCUT2D eigenvalue weighted by molar-refractivity contribution is -0.142. The lowest BCUT2D eigenvalue weighted by Crippen LogP contribution is -2.23. The summed E-state index contributed by atoms with van der Waals surface area (Å²) in [5, 5.41) is 4.74. The van der Waals surface area contributed by atoms with Crippen molar-refractivity contribution >= 4 is 34.5 Å². The van der Waals surface area contributed by atoms with Crippen LogP contribution < -0.4 is 4.74 Å². The molecule has 6 rings (SSSR count). The fraction of sp³-hybridized carbons (Fsp3) is 0.417. The molecule has 2 aromatic carbocycles. The van der Waals surface area contributed by atoms with Crippen molar-refractivity contribution in [2.45, 2.75) is 77.1 Å². The molecule has 1 fully saturated rings. The van der Waals surface area contributed by atoms with Gasteiger partial charge in [-0.2, -0.15) is 18.3 Å². The van der Waals surface area contributed by atoms with Crippen LogP contribution in [0.15, 0.2) is 36.4 Å². The van der Waals surface area contributed by atoms with E-state index in [9.17, 15) is 22.8 Å². The number of alkyl halides is 3. The van der Waals surface area contributed by atoms with Crippen molar-refractivity contribution in [3.8, 4) is 17.0 Å². The Hall–Kier alpha value is -4.54. The summed E-state index contributed by atoms with van der Waals surface area (Å²) in [5.41, 5.74) is 2.51. The maximum atomic E-state index is 14.2. The number of allylic oxidation sites excluding steroid dienone is 1. The highest BCUT2D eigenvalue weighted by Crippen LogP contribution is 2.48. The van der Waals surface area contributed by atoms with Gasteiger partial charge in [0.25, 0.3) is 0 Å². The highest BCUT2D eigenvalue weighted by atomic mass is 19.4. The second-order valence-corrected chi connectivity index (χ2v) is 13.2. The standard InChI is InChI=1S/C36H38F3N3O5/c1-35(2,3)47-33(43)21-12-14-26-27(18-21)42-19-23(30-29(34(44)46-6)32(36(37,38)39)40-41(30)4)16-22-17-24(45-5)13-15-25(22)31(42)28(26)20-10-8-7-9-11-20/h12-18,20H,7-11,19H2,1-6H3. The number of ether oxygens (including phenoxy) is 3. The maximum absolute atomic E-state index is 14.2. The Bertz CT molecular complexity index is 1920. The van der Waals surface area contributed by atoms with E-state index in [0.29, 0.717) is 16.9 Å². The average molecular weight is 650 g/mol. The summed E-state index contributed by atoms with van der Waals surface area (Å²) in [6.07, 6.45) is 2.22. The molecular formula is C36H38F3N3O5. The van der Waals surface area contributed by atoms with Crippen LogP contribution in [-0.4, -0.2) is 46.1 Å². The molecule has 0 atom stereocenters. The predicted molar refractivity (Wildman–Crippen MR) is 172 cm³/mol. The van der Waals surface area contributed by atoms with E-state index in [1.807, 2.05) is 24.3 Å². The Kier molecular flexibility index (Phi) is 8.22. The Labute approximate surface area is 271 Å². The highest BCUT2D eigenvalue weighted by molar-refractivity contribution is 6.03. The van der Waals surface area contributed by atoms with E-state index in [-0.39, 0.29) is 18.2 Å². The number of hydrogen-bond acceptors (Lipinski definition) is 6. The van der Waals surface area contributed by atoms with Crippen LogP contribution in [0.25, 0.3) is 33.8 Å². The number of rotatable bonds is 5. The highest BCUT2D eigenvalue weighted by Gasteiger charge is 2.43. The molecule has 0 radical (unpaired) electrons. The number of halogens is 3. The Morgan fingerprint density at radius 2 is 1.66 bits per heavy atom. The van der Waals surface area contributed by atoms with E-state index in [4.69, 9.17) is 14.2 Å². The smallest absolute Gasteiger partial charge is 0.436 e. The molecule has 0 bridgehead atoms. The minimum absolute atomic E-state index is 0.00448. The number of esters is 2. The molecule has 1 aliphatic carbocycles.